The molecule has 1 fully saturated rings. The van der Waals surface area contributed by atoms with E-state index in [1.807, 2.05) is 23.5 Å². The van der Waals surface area contributed by atoms with Gasteiger partial charge in [-0.1, -0.05) is 29.4 Å². The Bertz CT molecular complexity index is 625. The third-order valence-corrected chi connectivity index (χ3v) is 6.69. The fourth-order valence-corrected chi connectivity index (χ4v) is 5.37. The molecule has 0 bridgehead atoms. The van der Waals surface area contributed by atoms with Crippen molar-refractivity contribution in [3.05, 3.63) is 47.1 Å². The van der Waals surface area contributed by atoms with Crippen LogP contribution in [0.4, 0.5) is 0 Å². The molecule has 2 unspecified atom stereocenters. The van der Waals surface area contributed by atoms with E-state index in [-0.39, 0.29) is 6.04 Å². The zero-order valence-corrected chi connectivity index (χ0v) is 13.3. The van der Waals surface area contributed by atoms with Crippen molar-refractivity contribution in [2.75, 3.05) is 17.3 Å². The molecule has 2 atom stereocenters. The van der Waals surface area contributed by atoms with Crippen LogP contribution < -0.4 is 5.32 Å². The molecule has 2 aliphatic heterocycles. The average Bonchev–Trinajstić information content (AvgIpc) is 3.05. The Balaban J connectivity index is 1.51. The number of rotatable bonds is 2. The second-order valence-corrected chi connectivity index (χ2v) is 7.79. The van der Waals surface area contributed by atoms with E-state index in [4.69, 9.17) is 4.52 Å². The molecule has 4 nitrogen and oxygen atoms in total. The molecule has 21 heavy (non-hydrogen) atoms. The van der Waals surface area contributed by atoms with Crippen molar-refractivity contribution in [2.45, 2.75) is 24.3 Å². The summed E-state index contributed by atoms with van der Waals surface area (Å²) in [5.41, 5.74) is 2.75. The van der Waals surface area contributed by atoms with E-state index < -0.39 is 0 Å². The standard InChI is InChI=1S/C15H17N3OS2/c1-2-4-11-8-16-12(7-10(11)3-1)15-17-14(18-19-15)13-9-20-5-6-21-13/h1-4,12-13,16H,5-9H2. The minimum atomic E-state index is 0.141. The maximum atomic E-state index is 5.53. The van der Waals surface area contributed by atoms with Gasteiger partial charge in [-0.2, -0.15) is 16.7 Å². The minimum Gasteiger partial charge on any atom is -0.338 e. The molecular formula is C15H17N3OS2. The summed E-state index contributed by atoms with van der Waals surface area (Å²) in [7, 11) is 0. The molecule has 0 amide bonds. The van der Waals surface area contributed by atoms with Crippen molar-refractivity contribution in [3.8, 4) is 0 Å². The molecule has 1 N–H and O–H groups in total. The fraction of sp³-hybridized carbons (Fsp3) is 0.467. The number of nitrogens with one attached hydrogen (secondary N) is 1. The van der Waals surface area contributed by atoms with E-state index in [0.29, 0.717) is 5.25 Å². The van der Waals surface area contributed by atoms with Crippen LogP contribution in [0.1, 0.15) is 34.1 Å². The fourth-order valence-electron chi connectivity index (χ4n) is 2.79. The first-order chi connectivity index (χ1) is 10.4. The van der Waals surface area contributed by atoms with Gasteiger partial charge in [0.1, 0.15) is 0 Å². The highest BCUT2D eigenvalue weighted by Gasteiger charge is 2.27. The highest BCUT2D eigenvalue weighted by Crippen LogP contribution is 2.36. The summed E-state index contributed by atoms with van der Waals surface area (Å²) in [4.78, 5) is 4.66. The van der Waals surface area contributed by atoms with Crippen molar-refractivity contribution < 1.29 is 4.52 Å². The normalized spacial score (nSPS) is 25.5. The number of nitrogens with zero attached hydrogens (tertiary/aromatic N) is 2. The summed E-state index contributed by atoms with van der Waals surface area (Å²) in [5.74, 6) is 5.09. The van der Waals surface area contributed by atoms with E-state index in [0.717, 1.165) is 30.4 Å². The van der Waals surface area contributed by atoms with Crippen molar-refractivity contribution in [2.24, 2.45) is 0 Å². The number of aromatic nitrogens is 2. The first kappa shape index (κ1) is 13.7. The molecule has 6 heteroatoms. The summed E-state index contributed by atoms with van der Waals surface area (Å²) in [6.45, 7) is 0.868. The summed E-state index contributed by atoms with van der Waals surface area (Å²) in [5, 5.41) is 8.10. The predicted octanol–water partition coefficient (Wildman–Crippen LogP) is 2.98. The lowest BCUT2D eigenvalue weighted by Crippen LogP contribution is -2.28. The highest BCUT2D eigenvalue weighted by atomic mass is 32.2. The van der Waals surface area contributed by atoms with Gasteiger partial charge >= 0.3 is 0 Å². The Hall–Kier alpha value is -0.980. The summed E-state index contributed by atoms with van der Waals surface area (Å²) in [6.07, 6.45) is 0.921. The van der Waals surface area contributed by atoms with Gasteiger partial charge in [-0.25, -0.2) is 0 Å². The van der Waals surface area contributed by atoms with E-state index in [9.17, 15) is 0 Å². The summed E-state index contributed by atoms with van der Waals surface area (Å²) < 4.78 is 5.53. The lowest BCUT2D eigenvalue weighted by Gasteiger charge is -2.23. The maximum Gasteiger partial charge on any atom is 0.244 e. The van der Waals surface area contributed by atoms with Crippen LogP contribution in [-0.4, -0.2) is 27.4 Å². The number of fused-ring (bicyclic) bond motifs is 1. The molecule has 1 aromatic carbocycles. The molecule has 0 aliphatic carbocycles. The number of hydrogen-bond acceptors (Lipinski definition) is 6. The van der Waals surface area contributed by atoms with Gasteiger partial charge in [0.15, 0.2) is 5.82 Å². The first-order valence-corrected chi connectivity index (χ1v) is 9.43. The van der Waals surface area contributed by atoms with E-state index in [1.54, 1.807) is 0 Å². The third-order valence-electron chi connectivity index (χ3n) is 3.94. The van der Waals surface area contributed by atoms with Gasteiger partial charge in [-0.05, 0) is 17.5 Å². The zero-order valence-electron chi connectivity index (χ0n) is 11.6. The molecule has 1 saturated heterocycles. The highest BCUT2D eigenvalue weighted by molar-refractivity contribution is 8.06. The van der Waals surface area contributed by atoms with Gasteiger partial charge in [0, 0.05) is 23.8 Å². The summed E-state index contributed by atoms with van der Waals surface area (Å²) >= 11 is 3.91. The van der Waals surface area contributed by atoms with Crippen LogP contribution >= 0.6 is 23.5 Å². The van der Waals surface area contributed by atoms with Crippen LogP contribution in [0.3, 0.4) is 0 Å². The topological polar surface area (TPSA) is 51.0 Å². The molecule has 1 aromatic heterocycles. The van der Waals surface area contributed by atoms with Crippen LogP contribution in [0.2, 0.25) is 0 Å². The van der Waals surface area contributed by atoms with Gasteiger partial charge in [0.05, 0.1) is 11.3 Å². The van der Waals surface area contributed by atoms with Crippen LogP contribution in [-0.2, 0) is 13.0 Å². The van der Waals surface area contributed by atoms with E-state index >= 15 is 0 Å². The molecular weight excluding hydrogens is 302 g/mol. The third kappa shape index (κ3) is 2.84. The Morgan fingerprint density at radius 2 is 2.10 bits per heavy atom. The molecule has 2 aliphatic rings. The van der Waals surface area contributed by atoms with Gasteiger partial charge in [-0.15, -0.1) is 11.8 Å². The summed E-state index contributed by atoms with van der Waals surface area (Å²) in [6, 6.07) is 8.68. The van der Waals surface area contributed by atoms with Gasteiger partial charge in [0.25, 0.3) is 0 Å². The van der Waals surface area contributed by atoms with Crippen molar-refractivity contribution in [1.29, 1.82) is 0 Å². The second kappa shape index (κ2) is 6.02. The Morgan fingerprint density at radius 3 is 2.95 bits per heavy atom. The van der Waals surface area contributed by atoms with Crippen LogP contribution in [0.25, 0.3) is 0 Å². The molecule has 110 valence electrons. The van der Waals surface area contributed by atoms with Gasteiger partial charge in [-0.3, -0.25) is 0 Å². The Labute approximate surface area is 132 Å². The Kier molecular flexibility index (Phi) is 3.92. The smallest absolute Gasteiger partial charge is 0.244 e. The van der Waals surface area contributed by atoms with Crippen molar-refractivity contribution in [3.63, 3.8) is 0 Å². The molecule has 3 heterocycles. The van der Waals surface area contributed by atoms with Crippen LogP contribution in [0.5, 0.6) is 0 Å². The van der Waals surface area contributed by atoms with Gasteiger partial charge in [0.2, 0.25) is 5.89 Å². The molecule has 2 aromatic rings. The quantitative estimate of drug-likeness (QED) is 0.918. The monoisotopic (exact) mass is 319 g/mol. The molecule has 0 spiro atoms. The number of thioether (sulfide) groups is 2. The number of hydrogen-bond donors (Lipinski definition) is 1. The molecule has 0 radical (unpaired) electrons. The van der Waals surface area contributed by atoms with Crippen molar-refractivity contribution >= 4 is 23.5 Å². The predicted molar refractivity (Wildman–Crippen MR) is 86.5 cm³/mol. The van der Waals surface area contributed by atoms with Gasteiger partial charge < -0.3 is 9.84 Å². The SMILES string of the molecule is c1ccc2c(c1)CNC(c1nc(C3CSCCS3)no1)C2. The van der Waals surface area contributed by atoms with Crippen molar-refractivity contribution in [1.82, 2.24) is 15.5 Å². The minimum absolute atomic E-state index is 0.141. The largest absolute Gasteiger partial charge is 0.338 e. The second-order valence-electron chi connectivity index (χ2n) is 5.33. The molecule has 0 saturated carbocycles. The zero-order chi connectivity index (χ0) is 14.1. The maximum absolute atomic E-state index is 5.53. The number of benzene rings is 1. The van der Waals surface area contributed by atoms with Crippen LogP contribution in [0, 0.1) is 0 Å². The van der Waals surface area contributed by atoms with E-state index in [1.165, 1.54) is 22.6 Å². The van der Waals surface area contributed by atoms with Crippen LogP contribution in [0.15, 0.2) is 28.8 Å². The first-order valence-electron chi connectivity index (χ1n) is 7.23. The lowest BCUT2D eigenvalue weighted by atomic mass is 9.96. The average molecular weight is 319 g/mol. The Morgan fingerprint density at radius 1 is 1.19 bits per heavy atom. The lowest BCUT2D eigenvalue weighted by molar-refractivity contribution is 0.319. The molecule has 4 rings (SSSR count). The van der Waals surface area contributed by atoms with E-state index in [2.05, 4.69) is 39.7 Å².